The second-order valence-corrected chi connectivity index (χ2v) is 4.26. The highest BCUT2D eigenvalue weighted by Gasteiger charge is 2.19. The fourth-order valence-electron chi connectivity index (χ4n) is 1.97. The van der Waals surface area contributed by atoms with Gasteiger partial charge in [0.1, 0.15) is 11.6 Å². The summed E-state index contributed by atoms with van der Waals surface area (Å²) in [4.78, 5) is 7.84. The van der Waals surface area contributed by atoms with Gasteiger partial charge in [-0.05, 0) is 25.1 Å². The van der Waals surface area contributed by atoms with Gasteiger partial charge >= 0.3 is 0 Å². The molecule has 5 heteroatoms. The number of nitrogens with one attached hydrogen (secondary N) is 1. The summed E-state index contributed by atoms with van der Waals surface area (Å²) in [5.74, 6) is 0.0617. The summed E-state index contributed by atoms with van der Waals surface area (Å²) in [7, 11) is 0. The Morgan fingerprint density at radius 2 is 2.16 bits per heavy atom. The molecule has 0 aliphatic carbocycles. The van der Waals surface area contributed by atoms with Crippen LogP contribution in [0.1, 0.15) is 30.5 Å². The molecule has 0 aromatic carbocycles. The summed E-state index contributed by atoms with van der Waals surface area (Å²) in [5.41, 5.74) is 7.20. The number of hydrogen-bond donors (Lipinski definition) is 2. The maximum Gasteiger partial charge on any atom is 0.146 e. The molecule has 2 aromatic heterocycles. The first-order chi connectivity index (χ1) is 9.24. The first kappa shape index (κ1) is 13.4. The minimum atomic E-state index is -0.348. The highest BCUT2D eigenvalue weighted by molar-refractivity contribution is 5.45. The lowest BCUT2D eigenvalue weighted by Crippen LogP contribution is -2.25. The number of nitrogens with two attached hydrogens (primary N) is 1. The van der Waals surface area contributed by atoms with E-state index < -0.39 is 0 Å². The van der Waals surface area contributed by atoms with Gasteiger partial charge in [-0.2, -0.15) is 0 Å². The predicted octanol–water partition coefficient (Wildman–Crippen LogP) is 2.29. The van der Waals surface area contributed by atoms with E-state index in [1.807, 2.05) is 6.07 Å². The van der Waals surface area contributed by atoms with E-state index in [4.69, 9.17) is 5.73 Å². The lowest BCUT2D eigenvalue weighted by molar-refractivity contribution is 0.543. The van der Waals surface area contributed by atoms with Gasteiger partial charge in [-0.25, -0.2) is 9.37 Å². The minimum absolute atomic E-state index is 0.309. The number of anilines is 1. The van der Waals surface area contributed by atoms with E-state index in [1.165, 1.54) is 6.20 Å². The van der Waals surface area contributed by atoms with Crippen molar-refractivity contribution in [2.75, 3.05) is 12.3 Å². The van der Waals surface area contributed by atoms with E-state index >= 15 is 0 Å². The maximum atomic E-state index is 13.9. The van der Waals surface area contributed by atoms with Crippen LogP contribution in [0.4, 0.5) is 10.2 Å². The minimum Gasteiger partial charge on any atom is -0.383 e. The monoisotopic (exact) mass is 260 g/mol. The van der Waals surface area contributed by atoms with Crippen LogP contribution >= 0.6 is 0 Å². The third-order valence-electron chi connectivity index (χ3n) is 2.90. The van der Waals surface area contributed by atoms with Crippen molar-refractivity contribution in [2.24, 2.45) is 0 Å². The van der Waals surface area contributed by atoms with Gasteiger partial charge in [-0.3, -0.25) is 4.98 Å². The third-order valence-corrected chi connectivity index (χ3v) is 2.90. The molecule has 0 saturated heterocycles. The summed E-state index contributed by atoms with van der Waals surface area (Å²) in [6, 6.07) is 5.01. The lowest BCUT2D eigenvalue weighted by Gasteiger charge is -2.20. The molecule has 1 atom stereocenters. The molecule has 0 radical (unpaired) electrons. The molecule has 3 N–H and O–H groups in total. The van der Waals surface area contributed by atoms with Crippen molar-refractivity contribution in [3.63, 3.8) is 0 Å². The zero-order valence-corrected chi connectivity index (χ0v) is 10.8. The van der Waals surface area contributed by atoms with Crippen molar-refractivity contribution in [2.45, 2.75) is 19.4 Å². The van der Waals surface area contributed by atoms with Crippen molar-refractivity contribution in [3.8, 4) is 0 Å². The fraction of sp³-hybridized carbons (Fsp3) is 0.286. The van der Waals surface area contributed by atoms with Gasteiger partial charge < -0.3 is 11.1 Å². The molecule has 4 nitrogen and oxygen atoms in total. The average Bonchev–Trinajstić information content (AvgIpc) is 2.42. The van der Waals surface area contributed by atoms with Gasteiger partial charge in [-0.15, -0.1) is 0 Å². The Bertz CT molecular complexity index is 499. The van der Waals surface area contributed by atoms with Crippen molar-refractivity contribution < 1.29 is 4.39 Å². The number of pyridine rings is 2. The van der Waals surface area contributed by atoms with Crippen molar-refractivity contribution in [3.05, 3.63) is 53.7 Å². The first-order valence-corrected chi connectivity index (χ1v) is 6.27. The molecule has 0 aliphatic heterocycles. The van der Waals surface area contributed by atoms with E-state index in [0.717, 1.165) is 18.5 Å². The largest absolute Gasteiger partial charge is 0.383 e. The van der Waals surface area contributed by atoms with E-state index in [2.05, 4.69) is 22.2 Å². The van der Waals surface area contributed by atoms with Crippen molar-refractivity contribution in [1.82, 2.24) is 15.3 Å². The van der Waals surface area contributed by atoms with E-state index in [0.29, 0.717) is 11.4 Å². The molecule has 2 heterocycles. The Morgan fingerprint density at radius 1 is 1.32 bits per heavy atom. The van der Waals surface area contributed by atoms with E-state index in [-0.39, 0.29) is 11.9 Å². The smallest absolute Gasteiger partial charge is 0.146 e. The van der Waals surface area contributed by atoms with Crippen LogP contribution in [0.3, 0.4) is 0 Å². The Hall–Kier alpha value is -2.01. The maximum absolute atomic E-state index is 13.9. The summed E-state index contributed by atoms with van der Waals surface area (Å²) < 4.78 is 13.9. The second kappa shape index (κ2) is 6.24. The first-order valence-electron chi connectivity index (χ1n) is 6.27. The van der Waals surface area contributed by atoms with Gasteiger partial charge in [0.15, 0.2) is 0 Å². The standard InChI is InChI=1S/C14H17FN4/c1-2-6-18-13(10-5-8-17-9-12(10)15)11-4-3-7-19-14(11)16/h3-5,7-9,13,18H,2,6H2,1H3,(H2,16,19). The van der Waals surface area contributed by atoms with Crippen molar-refractivity contribution >= 4 is 5.82 Å². The molecule has 100 valence electrons. The van der Waals surface area contributed by atoms with Crippen LogP contribution in [0.15, 0.2) is 36.8 Å². The summed E-state index contributed by atoms with van der Waals surface area (Å²) >= 11 is 0. The Morgan fingerprint density at radius 3 is 2.84 bits per heavy atom. The SMILES string of the molecule is CCCNC(c1ccncc1F)c1cccnc1N. The predicted molar refractivity (Wildman–Crippen MR) is 73.0 cm³/mol. The van der Waals surface area contributed by atoms with Crippen LogP contribution in [0.25, 0.3) is 0 Å². The Balaban J connectivity index is 2.42. The molecule has 19 heavy (non-hydrogen) atoms. The lowest BCUT2D eigenvalue weighted by atomic mass is 9.99. The molecule has 0 saturated carbocycles. The molecular weight excluding hydrogens is 243 g/mol. The average molecular weight is 260 g/mol. The second-order valence-electron chi connectivity index (χ2n) is 4.26. The fourth-order valence-corrected chi connectivity index (χ4v) is 1.97. The van der Waals surface area contributed by atoms with Crippen LogP contribution in [0.2, 0.25) is 0 Å². The number of nitrogen functional groups attached to an aromatic ring is 1. The van der Waals surface area contributed by atoms with Crippen LogP contribution in [-0.4, -0.2) is 16.5 Å². The number of aromatic nitrogens is 2. The molecule has 0 aliphatic rings. The zero-order chi connectivity index (χ0) is 13.7. The zero-order valence-electron chi connectivity index (χ0n) is 10.8. The highest BCUT2D eigenvalue weighted by Crippen LogP contribution is 2.26. The van der Waals surface area contributed by atoms with Gasteiger partial charge in [-0.1, -0.05) is 13.0 Å². The normalized spacial score (nSPS) is 12.3. The molecule has 2 aromatic rings. The molecule has 0 fully saturated rings. The van der Waals surface area contributed by atoms with Gasteiger partial charge in [0.2, 0.25) is 0 Å². The quantitative estimate of drug-likeness (QED) is 0.865. The van der Waals surface area contributed by atoms with Crippen LogP contribution in [0, 0.1) is 5.82 Å². The number of halogens is 1. The van der Waals surface area contributed by atoms with Crippen LogP contribution < -0.4 is 11.1 Å². The Labute approximate surface area is 111 Å². The highest BCUT2D eigenvalue weighted by atomic mass is 19.1. The number of rotatable bonds is 5. The Kier molecular flexibility index (Phi) is 4.41. The van der Waals surface area contributed by atoms with E-state index in [1.54, 1.807) is 24.5 Å². The van der Waals surface area contributed by atoms with Crippen LogP contribution in [-0.2, 0) is 0 Å². The third kappa shape index (κ3) is 3.06. The van der Waals surface area contributed by atoms with E-state index in [9.17, 15) is 4.39 Å². The topological polar surface area (TPSA) is 63.8 Å². The van der Waals surface area contributed by atoms with Crippen LogP contribution in [0.5, 0.6) is 0 Å². The van der Waals surface area contributed by atoms with Gasteiger partial charge in [0, 0.05) is 23.5 Å². The number of hydrogen-bond acceptors (Lipinski definition) is 4. The van der Waals surface area contributed by atoms with Gasteiger partial charge in [0.25, 0.3) is 0 Å². The van der Waals surface area contributed by atoms with Crippen molar-refractivity contribution in [1.29, 1.82) is 0 Å². The molecule has 0 spiro atoms. The summed E-state index contributed by atoms with van der Waals surface area (Å²) in [5, 5.41) is 3.30. The molecular formula is C14H17FN4. The molecule has 0 bridgehead atoms. The van der Waals surface area contributed by atoms with Gasteiger partial charge in [0.05, 0.1) is 12.2 Å². The molecule has 1 unspecified atom stereocenters. The summed E-state index contributed by atoms with van der Waals surface area (Å²) in [6.07, 6.45) is 5.36. The number of nitrogens with zero attached hydrogens (tertiary/aromatic N) is 2. The molecule has 0 amide bonds. The summed E-state index contributed by atoms with van der Waals surface area (Å²) in [6.45, 7) is 2.82. The molecule has 2 rings (SSSR count).